The van der Waals surface area contributed by atoms with Crippen molar-refractivity contribution in [3.05, 3.63) is 52.5 Å². The SMILES string of the molecule is CCc1ccc(Nc2c(C(=O)O)cc3scnc3c2F)c(F)c1. The largest absolute Gasteiger partial charge is 0.478 e. The standard InChI is InChI=1S/C16H12F2N2O2S/c1-2-8-3-4-11(10(17)5-8)20-14-9(16(21)22)6-12-15(13(14)18)19-7-23-12/h3-7,20H,2H2,1H3,(H,21,22). The van der Waals surface area contributed by atoms with Crippen LogP contribution in [0.3, 0.4) is 0 Å². The van der Waals surface area contributed by atoms with Crippen LogP contribution >= 0.6 is 11.3 Å². The van der Waals surface area contributed by atoms with Crippen LogP contribution in [0.2, 0.25) is 0 Å². The Bertz CT molecular complexity index is 908. The Kier molecular flexibility index (Phi) is 3.96. The maximum absolute atomic E-state index is 14.6. The molecule has 0 aliphatic carbocycles. The molecule has 0 atom stereocenters. The molecule has 2 N–H and O–H groups in total. The predicted molar refractivity (Wildman–Crippen MR) is 85.6 cm³/mol. The Morgan fingerprint density at radius 3 is 2.78 bits per heavy atom. The Morgan fingerprint density at radius 1 is 1.35 bits per heavy atom. The second-order valence-corrected chi connectivity index (χ2v) is 5.80. The van der Waals surface area contributed by atoms with E-state index in [4.69, 9.17) is 0 Å². The molecule has 0 bridgehead atoms. The van der Waals surface area contributed by atoms with Crippen molar-refractivity contribution in [3.63, 3.8) is 0 Å². The third kappa shape index (κ3) is 2.75. The van der Waals surface area contributed by atoms with Gasteiger partial charge in [0.1, 0.15) is 11.3 Å². The number of hydrogen-bond acceptors (Lipinski definition) is 4. The van der Waals surface area contributed by atoms with Gasteiger partial charge in [-0.1, -0.05) is 13.0 Å². The van der Waals surface area contributed by atoms with Crippen LogP contribution in [0.1, 0.15) is 22.8 Å². The minimum atomic E-state index is -1.30. The van der Waals surface area contributed by atoms with E-state index < -0.39 is 17.6 Å². The molecule has 1 heterocycles. The van der Waals surface area contributed by atoms with E-state index in [0.717, 1.165) is 16.9 Å². The lowest BCUT2D eigenvalue weighted by Crippen LogP contribution is -2.06. The summed E-state index contributed by atoms with van der Waals surface area (Å²) in [6.45, 7) is 1.89. The van der Waals surface area contributed by atoms with Gasteiger partial charge in [0.2, 0.25) is 0 Å². The lowest BCUT2D eigenvalue weighted by molar-refractivity contribution is 0.0697. The molecule has 0 unspecified atom stereocenters. The van der Waals surface area contributed by atoms with E-state index in [1.807, 2.05) is 6.92 Å². The van der Waals surface area contributed by atoms with Gasteiger partial charge in [0, 0.05) is 0 Å². The number of benzene rings is 2. The fourth-order valence-corrected chi connectivity index (χ4v) is 2.98. The zero-order valence-corrected chi connectivity index (χ0v) is 12.9. The number of halogens is 2. The zero-order valence-electron chi connectivity index (χ0n) is 12.1. The third-order valence-corrected chi connectivity index (χ3v) is 4.27. The van der Waals surface area contributed by atoms with Crippen molar-refractivity contribution in [2.24, 2.45) is 0 Å². The smallest absolute Gasteiger partial charge is 0.337 e. The topological polar surface area (TPSA) is 62.2 Å². The van der Waals surface area contributed by atoms with Crippen molar-refractivity contribution >= 4 is 38.9 Å². The van der Waals surface area contributed by atoms with Crippen molar-refractivity contribution in [2.45, 2.75) is 13.3 Å². The molecular weight excluding hydrogens is 322 g/mol. The highest BCUT2D eigenvalue weighted by atomic mass is 32.1. The first-order valence-electron chi connectivity index (χ1n) is 6.85. The van der Waals surface area contributed by atoms with E-state index in [0.29, 0.717) is 11.1 Å². The molecule has 0 saturated carbocycles. The van der Waals surface area contributed by atoms with Crippen LogP contribution in [-0.2, 0) is 6.42 Å². The monoisotopic (exact) mass is 334 g/mol. The fraction of sp³-hybridized carbons (Fsp3) is 0.125. The number of nitrogens with one attached hydrogen (secondary N) is 1. The summed E-state index contributed by atoms with van der Waals surface area (Å²) in [7, 11) is 0. The number of carboxylic acids is 1. The first kappa shape index (κ1) is 15.4. The van der Waals surface area contributed by atoms with Gasteiger partial charge in [-0.15, -0.1) is 11.3 Å². The minimum Gasteiger partial charge on any atom is -0.478 e. The molecule has 3 rings (SSSR count). The Labute approximate surface area is 134 Å². The molecule has 4 nitrogen and oxygen atoms in total. The number of anilines is 2. The average Bonchev–Trinajstić information content (AvgIpc) is 3.00. The zero-order chi connectivity index (χ0) is 16.6. The summed E-state index contributed by atoms with van der Waals surface area (Å²) in [5.41, 5.74) is 1.74. The van der Waals surface area contributed by atoms with Gasteiger partial charge in [-0.2, -0.15) is 0 Å². The summed E-state index contributed by atoms with van der Waals surface area (Å²) in [6, 6.07) is 5.83. The Balaban J connectivity index is 2.13. The Hall–Kier alpha value is -2.54. The number of hydrogen-bond donors (Lipinski definition) is 2. The van der Waals surface area contributed by atoms with Crippen LogP contribution < -0.4 is 5.32 Å². The predicted octanol–water partition coefficient (Wildman–Crippen LogP) is 4.58. The fourth-order valence-electron chi connectivity index (χ4n) is 2.27. The molecule has 1 aromatic heterocycles. The van der Waals surface area contributed by atoms with Crippen LogP contribution in [0.25, 0.3) is 10.2 Å². The van der Waals surface area contributed by atoms with Gasteiger partial charge in [-0.3, -0.25) is 0 Å². The normalized spacial score (nSPS) is 10.9. The summed E-state index contributed by atoms with van der Waals surface area (Å²) in [6.07, 6.45) is 0.663. The van der Waals surface area contributed by atoms with Crippen molar-refractivity contribution in [1.82, 2.24) is 4.98 Å². The lowest BCUT2D eigenvalue weighted by atomic mass is 10.1. The number of fused-ring (bicyclic) bond motifs is 1. The molecule has 0 aliphatic heterocycles. The number of aromatic nitrogens is 1. The summed E-state index contributed by atoms with van der Waals surface area (Å²) < 4.78 is 29.1. The number of rotatable bonds is 4. The molecule has 0 saturated heterocycles. The number of aryl methyl sites for hydroxylation is 1. The van der Waals surface area contributed by atoms with Gasteiger partial charge in [0.15, 0.2) is 5.82 Å². The highest BCUT2D eigenvalue weighted by Crippen LogP contribution is 2.33. The number of thiazole rings is 1. The highest BCUT2D eigenvalue weighted by molar-refractivity contribution is 7.16. The lowest BCUT2D eigenvalue weighted by Gasteiger charge is -2.12. The van der Waals surface area contributed by atoms with Crippen molar-refractivity contribution in [2.75, 3.05) is 5.32 Å². The number of carbonyl (C=O) groups is 1. The van der Waals surface area contributed by atoms with Crippen LogP contribution in [0.5, 0.6) is 0 Å². The first-order valence-corrected chi connectivity index (χ1v) is 7.73. The van der Waals surface area contributed by atoms with E-state index >= 15 is 0 Å². The van der Waals surface area contributed by atoms with Gasteiger partial charge in [0.05, 0.1) is 27.1 Å². The van der Waals surface area contributed by atoms with Crippen LogP contribution in [0.15, 0.2) is 29.8 Å². The van der Waals surface area contributed by atoms with Crippen LogP contribution in [0.4, 0.5) is 20.2 Å². The third-order valence-electron chi connectivity index (χ3n) is 3.50. The summed E-state index contributed by atoms with van der Waals surface area (Å²) in [4.78, 5) is 15.3. The van der Waals surface area contributed by atoms with E-state index in [-0.39, 0.29) is 22.5 Å². The molecular formula is C16H12F2N2O2S. The molecule has 0 radical (unpaired) electrons. The number of nitrogens with zero attached hydrogens (tertiary/aromatic N) is 1. The summed E-state index contributed by atoms with van der Waals surface area (Å²) >= 11 is 1.14. The minimum absolute atomic E-state index is 0.0122. The van der Waals surface area contributed by atoms with Crippen LogP contribution in [-0.4, -0.2) is 16.1 Å². The van der Waals surface area contributed by atoms with Crippen LogP contribution in [0, 0.1) is 11.6 Å². The molecule has 0 spiro atoms. The molecule has 3 aromatic rings. The van der Waals surface area contributed by atoms with E-state index in [9.17, 15) is 18.7 Å². The molecule has 23 heavy (non-hydrogen) atoms. The van der Waals surface area contributed by atoms with Gasteiger partial charge >= 0.3 is 5.97 Å². The summed E-state index contributed by atoms with van der Waals surface area (Å²) in [5.74, 6) is -2.68. The summed E-state index contributed by atoms with van der Waals surface area (Å²) in [5, 5.41) is 11.9. The van der Waals surface area contributed by atoms with E-state index in [1.54, 1.807) is 6.07 Å². The molecule has 0 fully saturated rings. The van der Waals surface area contributed by atoms with Crippen molar-refractivity contribution < 1.29 is 18.7 Å². The van der Waals surface area contributed by atoms with E-state index in [2.05, 4.69) is 10.3 Å². The maximum atomic E-state index is 14.6. The number of carboxylic acid groups (broad SMARTS) is 1. The van der Waals surface area contributed by atoms with Gasteiger partial charge in [-0.05, 0) is 30.2 Å². The molecule has 0 aliphatic rings. The quantitative estimate of drug-likeness (QED) is 0.733. The van der Waals surface area contributed by atoms with Gasteiger partial charge in [0.25, 0.3) is 0 Å². The molecule has 2 aromatic carbocycles. The van der Waals surface area contributed by atoms with E-state index in [1.165, 1.54) is 23.7 Å². The number of aromatic carboxylic acids is 1. The van der Waals surface area contributed by atoms with Gasteiger partial charge < -0.3 is 10.4 Å². The van der Waals surface area contributed by atoms with Gasteiger partial charge in [-0.25, -0.2) is 18.6 Å². The molecule has 0 amide bonds. The second-order valence-electron chi connectivity index (χ2n) is 4.91. The average molecular weight is 334 g/mol. The maximum Gasteiger partial charge on any atom is 0.337 e. The molecule has 118 valence electrons. The van der Waals surface area contributed by atoms with Crippen molar-refractivity contribution in [1.29, 1.82) is 0 Å². The molecule has 7 heteroatoms. The highest BCUT2D eigenvalue weighted by Gasteiger charge is 2.21. The van der Waals surface area contributed by atoms with Crippen molar-refractivity contribution in [3.8, 4) is 0 Å². The Morgan fingerprint density at radius 2 is 2.13 bits per heavy atom. The first-order chi connectivity index (χ1) is 11.0. The second kappa shape index (κ2) is 5.92.